The highest BCUT2D eigenvalue weighted by molar-refractivity contribution is 5.98. The number of fused-ring (bicyclic) bond motifs is 1. The SMILES string of the molecule is C=Cc1c(/C=C\CC)[nH]c2c1CCCC2=O. The Bertz CT molecular complexity index is 452. The molecule has 0 saturated carbocycles. The zero-order chi connectivity index (χ0) is 11.5. The van der Waals surface area contributed by atoms with Crippen molar-refractivity contribution in [3.05, 3.63) is 35.2 Å². The minimum Gasteiger partial charge on any atom is -0.352 e. The van der Waals surface area contributed by atoms with E-state index in [4.69, 9.17) is 0 Å². The first-order valence-corrected chi connectivity index (χ1v) is 5.85. The van der Waals surface area contributed by atoms with Crippen LogP contribution in [0, 0.1) is 0 Å². The van der Waals surface area contributed by atoms with Crippen molar-refractivity contribution in [1.29, 1.82) is 0 Å². The molecule has 1 aliphatic carbocycles. The second kappa shape index (κ2) is 4.52. The van der Waals surface area contributed by atoms with E-state index in [2.05, 4.69) is 24.6 Å². The van der Waals surface area contributed by atoms with E-state index in [1.54, 1.807) is 0 Å². The standard InChI is InChI=1S/C14H17NO/c1-3-5-8-12-10(4-2)11-7-6-9-13(16)14(11)15-12/h4-5,8,15H,2-3,6-7,9H2,1H3/b8-5-. The number of aromatic nitrogens is 1. The Morgan fingerprint density at radius 1 is 1.44 bits per heavy atom. The van der Waals surface area contributed by atoms with Gasteiger partial charge in [-0.15, -0.1) is 0 Å². The lowest BCUT2D eigenvalue weighted by Gasteiger charge is -2.09. The highest BCUT2D eigenvalue weighted by atomic mass is 16.1. The molecule has 0 aromatic carbocycles. The third-order valence-electron chi connectivity index (χ3n) is 3.01. The summed E-state index contributed by atoms with van der Waals surface area (Å²) in [6.45, 7) is 5.94. The first-order chi connectivity index (χ1) is 7.77. The number of allylic oxidation sites excluding steroid dienone is 1. The number of aromatic amines is 1. The molecule has 1 aliphatic rings. The van der Waals surface area contributed by atoms with Crippen molar-refractivity contribution >= 4 is 17.9 Å². The number of carbonyl (C=O) groups is 1. The minimum absolute atomic E-state index is 0.237. The quantitative estimate of drug-likeness (QED) is 0.821. The third-order valence-corrected chi connectivity index (χ3v) is 3.01. The largest absolute Gasteiger partial charge is 0.352 e. The van der Waals surface area contributed by atoms with Gasteiger partial charge in [0.2, 0.25) is 0 Å². The molecule has 2 rings (SSSR count). The maximum Gasteiger partial charge on any atom is 0.179 e. The first kappa shape index (κ1) is 10.9. The molecule has 1 heterocycles. The summed E-state index contributed by atoms with van der Waals surface area (Å²) in [6.07, 6.45) is 9.59. The van der Waals surface area contributed by atoms with Gasteiger partial charge in [-0.3, -0.25) is 4.79 Å². The summed E-state index contributed by atoms with van der Waals surface area (Å²) in [7, 11) is 0. The smallest absolute Gasteiger partial charge is 0.179 e. The number of ketones is 1. The van der Waals surface area contributed by atoms with Crippen LogP contribution >= 0.6 is 0 Å². The Hall–Kier alpha value is -1.57. The maximum absolute atomic E-state index is 11.8. The molecule has 0 bridgehead atoms. The average Bonchev–Trinajstić information content (AvgIpc) is 2.65. The van der Waals surface area contributed by atoms with Crippen molar-refractivity contribution in [3.63, 3.8) is 0 Å². The number of carbonyl (C=O) groups excluding carboxylic acids is 1. The van der Waals surface area contributed by atoms with Crippen LogP contribution in [0.5, 0.6) is 0 Å². The fourth-order valence-electron chi connectivity index (χ4n) is 2.22. The Labute approximate surface area is 96.1 Å². The van der Waals surface area contributed by atoms with E-state index in [-0.39, 0.29) is 5.78 Å². The van der Waals surface area contributed by atoms with Crippen LogP contribution in [0.25, 0.3) is 12.2 Å². The van der Waals surface area contributed by atoms with Gasteiger partial charge in [0.15, 0.2) is 5.78 Å². The van der Waals surface area contributed by atoms with Crippen LogP contribution in [-0.2, 0) is 6.42 Å². The van der Waals surface area contributed by atoms with Crippen molar-refractivity contribution in [3.8, 4) is 0 Å². The zero-order valence-electron chi connectivity index (χ0n) is 9.68. The molecule has 1 aromatic heterocycles. The summed E-state index contributed by atoms with van der Waals surface area (Å²) in [5, 5.41) is 0. The Balaban J connectivity index is 2.51. The van der Waals surface area contributed by atoms with Gasteiger partial charge < -0.3 is 4.98 Å². The molecule has 0 fully saturated rings. The molecule has 16 heavy (non-hydrogen) atoms. The van der Waals surface area contributed by atoms with Crippen molar-refractivity contribution in [2.45, 2.75) is 32.6 Å². The van der Waals surface area contributed by atoms with Crippen LogP contribution in [0.15, 0.2) is 12.7 Å². The van der Waals surface area contributed by atoms with Gasteiger partial charge in [-0.1, -0.05) is 25.7 Å². The van der Waals surface area contributed by atoms with E-state index >= 15 is 0 Å². The number of nitrogens with one attached hydrogen (secondary N) is 1. The number of H-pyrrole nitrogens is 1. The molecule has 2 nitrogen and oxygen atoms in total. The molecule has 0 saturated heterocycles. The van der Waals surface area contributed by atoms with E-state index in [0.29, 0.717) is 6.42 Å². The highest BCUT2D eigenvalue weighted by Gasteiger charge is 2.22. The monoisotopic (exact) mass is 215 g/mol. The summed E-state index contributed by atoms with van der Waals surface area (Å²) < 4.78 is 0. The summed E-state index contributed by atoms with van der Waals surface area (Å²) in [4.78, 5) is 15.0. The lowest BCUT2D eigenvalue weighted by atomic mass is 9.93. The maximum atomic E-state index is 11.8. The lowest BCUT2D eigenvalue weighted by molar-refractivity contribution is 0.0968. The molecule has 0 unspecified atom stereocenters. The van der Waals surface area contributed by atoms with Gasteiger partial charge in [0.05, 0.1) is 5.69 Å². The van der Waals surface area contributed by atoms with E-state index in [9.17, 15) is 4.79 Å². The third kappa shape index (κ3) is 1.75. The molecule has 1 N–H and O–H groups in total. The van der Waals surface area contributed by atoms with Crippen LogP contribution in [0.1, 0.15) is 53.5 Å². The summed E-state index contributed by atoms with van der Waals surface area (Å²) >= 11 is 0. The van der Waals surface area contributed by atoms with Crippen molar-refractivity contribution in [2.75, 3.05) is 0 Å². The Kier molecular flexibility index (Phi) is 3.09. The van der Waals surface area contributed by atoms with E-state index in [1.165, 1.54) is 0 Å². The van der Waals surface area contributed by atoms with Crippen LogP contribution in [0.3, 0.4) is 0 Å². The minimum atomic E-state index is 0.237. The van der Waals surface area contributed by atoms with Crippen molar-refractivity contribution in [2.24, 2.45) is 0 Å². The zero-order valence-corrected chi connectivity index (χ0v) is 9.68. The second-order valence-corrected chi connectivity index (χ2v) is 4.10. The van der Waals surface area contributed by atoms with Gasteiger partial charge in [0.1, 0.15) is 0 Å². The number of rotatable bonds is 3. The summed E-state index contributed by atoms with van der Waals surface area (Å²) in [5.74, 6) is 0.237. The molecule has 0 amide bonds. The fraction of sp³-hybridized carbons (Fsp3) is 0.357. The molecule has 0 atom stereocenters. The average molecular weight is 215 g/mol. The summed E-state index contributed by atoms with van der Waals surface area (Å²) in [6, 6.07) is 0. The molecular weight excluding hydrogens is 198 g/mol. The van der Waals surface area contributed by atoms with Crippen molar-refractivity contribution < 1.29 is 4.79 Å². The van der Waals surface area contributed by atoms with Crippen LogP contribution in [-0.4, -0.2) is 10.8 Å². The molecule has 2 heteroatoms. The van der Waals surface area contributed by atoms with Gasteiger partial charge in [-0.25, -0.2) is 0 Å². The fourth-order valence-corrected chi connectivity index (χ4v) is 2.22. The van der Waals surface area contributed by atoms with Crippen LogP contribution in [0.2, 0.25) is 0 Å². The lowest BCUT2D eigenvalue weighted by Crippen LogP contribution is -2.09. The Morgan fingerprint density at radius 2 is 2.25 bits per heavy atom. The van der Waals surface area contributed by atoms with Gasteiger partial charge in [-0.05, 0) is 30.9 Å². The normalized spacial score (nSPS) is 15.4. The van der Waals surface area contributed by atoms with Crippen LogP contribution in [0.4, 0.5) is 0 Å². The van der Waals surface area contributed by atoms with Crippen molar-refractivity contribution in [1.82, 2.24) is 4.98 Å². The van der Waals surface area contributed by atoms with Crippen LogP contribution < -0.4 is 0 Å². The van der Waals surface area contributed by atoms with Gasteiger partial charge >= 0.3 is 0 Å². The highest BCUT2D eigenvalue weighted by Crippen LogP contribution is 2.28. The molecule has 0 spiro atoms. The van der Waals surface area contributed by atoms with Gasteiger partial charge in [-0.2, -0.15) is 0 Å². The second-order valence-electron chi connectivity index (χ2n) is 4.10. The number of hydrogen-bond donors (Lipinski definition) is 1. The van der Waals surface area contributed by atoms with E-state index in [1.807, 2.05) is 12.2 Å². The molecule has 84 valence electrons. The topological polar surface area (TPSA) is 32.9 Å². The molecular formula is C14H17NO. The van der Waals surface area contributed by atoms with E-state index < -0.39 is 0 Å². The summed E-state index contributed by atoms with van der Waals surface area (Å²) in [5.41, 5.74) is 4.09. The predicted molar refractivity (Wildman–Crippen MR) is 67.5 cm³/mol. The predicted octanol–water partition coefficient (Wildman–Crippen LogP) is 3.60. The van der Waals surface area contributed by atoms with E-state index in [0.717, 1.165) is 41.8 Å². The molecule has 0 radical (unpaired) electrons. The number of Topliss-reactive ketones (excluding diaryl/α,β-unsaturated/α-hetero) is 1. The van der Waals surface area contributed by atoms with Gasteiger partial charge in [0, 0.05) is 17.7 Å². The first-order valence-electron chi connectivity index (χ1n) is 5.85. The Morgan fingerprint density at radius 3 is 2.94 bits per heavy atom. The van der Waals surface area contributed by atoms with Gasteiger partial charge in [0.25, 0.3) is 0 Å². The molecule has 0 aliphatic heterocycles. The molecule has 1 aromatic rings. The number of hydrogen-bond acceptors (Lipinski definition) is 1.